The molecule has 2 rings (SSSR count). The second-order valence-corrected chi connectivity index (χ2v) is 2.66. The highest BCUT2D eigenvalue weighted by molar-refractivity contribution is 5.74. The van der Waals surface area contributed by atoms with Crippen LogP contribution in [0.15, 0.2) is 6.07 Å². The first-order chi connectivity index (χ1) is 7.00. The molecule has 0 fully saturated rings. The Labute approximate surface area is 79.4 Å². The van der Waals surface area contributed by atoms with Crippen LogP contribution in [-0.2, 0) is 0 Å². The van der Waals surface area contributed by atoms with E-state index in [9.17, 15) is 22.0 Å². The Morgan fingerprint density at radius 2 is 1.40 bits per heavy atom. The van der Waals surface area contributed by atoms with Gasteiger partial charge >= 0.3 is 0 Å². The van der Waals surface area contributed by atoms with Crippen LogP contribution >= 0.6 is 0 Å². The van der Waals surface area contributed by atoms with Gasteiger partial charge in [0.05, 0.1) is 5.52 Å². The molecule has 2 aromatic rings. The SMILES string of the molecule is Fc1cc2nc(F)c(F)nc2c(F)c1F. The largest absolute Gasteiger partial charge is 0.269 e. The van der Waals surface area contributed by atoms with E-state index in [1.807, 2.05) is 0 Å². The molecule has 0 aliphatic rings. The van der Waals surface area contributed by atoms with Gasteiger partial charge in [0.25, 0.3) is 11.9 Å². The third-order valence-corrected chi connectivity index (χ3v) is 1.72. The summed E-state index contributed by atoms with van der Waals surface area (Å²) in [6.07, 6.45) is 0. The molecule has 0 bridgehead atoms. The van der Waals surface area contributed by atoms with E-state index in [2.05, 4.69) is 9.97 Å². The maximum Gasteiger partial charge on any atom is 0.269 e. The highest BCUT2D eigenvalue weighted by Gasteiger charge is 2.18. The van der Waals surface area contributed by atoms with Crippen LogP contribution in [0.25, 0.3) is 11.0 Å². The van der Waals surface area contributed by atoms with Gasteiger partial charge in [-0.15, -0.1) is 0 Å². The lowest BCUT2D eigenvalue weighted by atomic mass is 10.2. The number of halogens is 5. The number of nitrogens with zero attached hydrogens (tertiary/aromatic N) is 2. The van der Waals surface area contributed by atoms with Crippen molar-refractivity contribution >= 4 is 11.0 Å². The molecule has 78 valence electrons. The minimum absolute atomic E-state index is 0.434. The molecule has 0 saturated heterocycles. The molecule has 1 aromatic heterocycles. The van der Waals surface area contributed by atoms with Crippen LogP contribution in [0.2, 0.25) is 0 Å². The Hall–Kier alpha value is -1.79. The molecule has 0 aliphatic carbocycles. The van der Waals surface area contributed by atoms with Crippen LogP contribution in [-0.4, -0.2) is 9.97 Å². The van der Waals surface area contributed by atoms with Gasteiger partial charge in [-0.25, -0.2) is 23.1 Å². The van der Waals surface area contributed by atoms with Crippen LogP contribution in [0, 0.1) is 29.3 Å². The van der Waals surface area contributed by atoms with Crippen molar-refractivity contribution in [3.8, 4) is 0 Å². The lowest BCUT2D eigenvalue weighted by Crippen LogP contribution is -2.01. The summed E-state index contributed by atoms with van der Waals surface area (Å²) >= 11 is 0. The predicted octanol–water partition coefficient (Wildman–Crippen LogP) is 2.33. The van der Waals surface area contributed by atoms with Gasteiger partial charge in [-0.05, 0) is 0 Å². The zero-order valence-electron chi connectivity index (χ0n) is 6.86. The molecule has 0 unspecified atom stereocenters. The molecular weight excluding hydrogens is 219 g/mol. The lowest BCUT2D eigenvalue weighted by molar-refractivity contribution is 0.440. The summed E-state index contributed by atoms with van der Waals surface area (Å²) < 4.78 is 63.3. The molecule has 0 N–H and O–H groups in total. The van der Waals surface area contributed by atoms with Crippen molar-refractivity contribution in [2.75, 3.05) is 0 Å². The first-order valence-corrected chi connectivity index (χ1v) is 3.67. The van der Waals surface area contributed by atoms with Gasteiger partial charge in [0, 0.05) is 6.07 Å². The van der Waals surface area contributed by atoms with Crippen molar-refractivity contribution in [2.24, 2.45) is 0 Å². The third-order valence-electron chi connectivity index (χ3n) is 1.72. The number of hydrogen-bond donors (Lipinski definition) is 0. The van der Waals surface area contributed by atoms with Crippen LogP contribution in [0.4, 0.5) is 22.0 Å². The van der Waals surface area contributed by atoms with E-state index in [-0.39, 0.29) is 0 Å². The Balaban J connectivity index is 2.93. The maximum absolute atomic E-state index is 13.0. The number of aromatic nitrogens is 2. The number of hydrogen-bond acceptors (Lipinski definition) is 2. The molecule has 15 heavy (non-hydrogen) atoms. The highest BCUT2D eigenvalue weighted by Crippen LogP contribution is 2.20. The Bertz CT molecular complexity index is 549. The molecule has 7 heteroatoms. The minimum Gasteiger partial charge on any atom is -0.214 e. The van der Waals surface area contributed by atoms with Crippen LogP contribution in [0.1, 0.15) is 0 Å². The van der Waals surface area contributed by atoms with Crippen molar-refractivity contribution in [3.63, 3.8) is 0 Å². The van der Waals surface area contributed by atoms with E-state index in [1.165, 1.54) is 0 Å². The summed E-state index contributed by atoms with van der Waals surface area (Å²) in [5.41, 5.74) is -1.45. The van der Waals surface area contributed by atoms with Gasteiger partial charge in [-0.2, -0.15) is 8.78 Å². The average molecular weight is 220 g/mol. The first-order valence-electron chi connectivity index (χ1n) is 3.67. The summed E-state index contributed by atoms with van der Waals surface area (Å²) in [5, 5.41) is 0. The fourth-order valence-electron chi connectivity index (χ4n) is 1.06. The summed E-state index contributed by atoms with van der Waals surface area (Å²) in [7, 11) is 0. The smallest absolute Gasteiger partial charge is 0.214 e. The van der Waals surface area contributed by atoms with E-state index >= 15 is 0 Å². The fraction of sp³-hybridized carbons (Fsp3) is 0. The van der Waals surface area contributed by atoms with E-state index in [1.54, 1.807) is 0 Å². The molecule has 0 atom stereocenters. The molecule has 0 saturated carbocycles. The highest BCUT2D eigenvalue weighted by atomic mass is 19.2. The molecule has 0 aliphatic heterocycles. The molecular formula is C8HF5N2. The van der Waals surface area contributed by atoms with Crippen molar-refractivity contribution < 1.29 is 22.0 Å². The predicted molar refractivity (Wildman–Crippen MR) is 39.3 cm³/mol. The second-order valence-electron chi connectivity index (χ2n) is 2.66. The van der Waals surface area contributed by atoms with Crippen molar-refractivity contribution in [3.05, 3.63) is 35.4 Å². The molecule has 0 spiro atoms. The fourth-order valence-corrected chi connectivity index (χ4v) is 1.06. The van der Waals surface area contributed by atoms with Crippen LogP contribution < -0.4 is 0 Å². The molecule has 1 aromatic carbocycles. The normalized spacial score (nSPS) is 11.0. The van der Waals surface area contributed by atoms with E-state index < -0.39 is 40.4 Å². The van der Waals surface area contributed by atoms with Gasteiger partial charge in [0.15, 0.2) is 17.5 Å². The van der Waals surface area contributed by atoms with E-state index in [4.69, 9.17) is 0 Å². The first kappa shape index (κ1) is 9.75. The molecule has 1 heterocycles. The van der Waals surface area contributed by atoms with Crippen LogP contribution in [0.5, 0.6) is 0 Å². The van der Waals surface area contributed by atoms with Gasteiger partial charge in [0.2, 0.25) is 0 Å². The Kier molecular flexibility index (Phi) is 2.02. The van der Waals surface area contributed by atoms with Gasteiger partial charge in [-0.3, -0.25) is 0 Å². The van der Waals surface area contributed by atoms with Crippen molar-refractivity contribution in [1.82, 2.24) is 9.97 Å². The number of benzene rings is 1. The van der Waals surface area contributed by atoms with E-state index in [0.29, 0.717) is 6.07 Å². The lowest BCUT2D eigenvalue weighted by Gasteiger charge is -2.00. The molecule has 0 amide bonds. The number of fused-ring (bicyclic) bond motifs is 1. The minimum atomic E-state index is -1.80. The monoisotopic (exact) mass is 220 g/mol. The quantitative estimate of drug-likeness (QED) is 0.503. The maximum atomic E-state index is 13.0. The van der Waals surface area contributed by atoms with Gasteiger partial charge in [-0.1, -0.05) is 0 Å². The second kappa shape index (κ2) is 3.11. The average Bonchev–Trinajstić information content (AvgIpc) is 2.19. The summed E-state index contributed by atoms with van der Waals surface area (Å²) in [6, 6.07) is 0.434. The third kappa shape index (κ3) is 1.39. The summed E-state index contributed by atoms with van der Waals surface area (Å²) in [5.74, 6) is -8.32. The van der Waals surface area contributed by atoms with Crippen molar-refractivity contribution in [1.29, 1.82) is 0 Å². The molecule has 0 radical (unpaired) electrons. The van der Waals surface area contributed by atoms with Gasteiger partial charge < -0.3 is 0 Å². The standard InChI is InChI=1S/C8HF5N2/c9-2-1-3-6(5(11)4(2)10)15-8(13)7(12)14-3/h1H. The van der Waals surface area contributed by atoms with Gasteiger partial charge in [0.1, 0.15) is 5.52 Å². The zero-order valence-corrected chi connectivity index (χ0v) is 6.86. The summed E-state index contributed by atoms with van der Waals surface area (Å²) in [6.45, 7) is 0. The van der Waals surface area contributed by atoms with Crippen LogP contribution in [0.3, 0.4) is 0 Å². The number of rotatable bonds is 0. The summed E-state index contributed by atoms with van der Waals surface area (Å²) in [4.78, 5) is 5.68. The van der Waals surface area contributed by atoms with E-state index in [0.717, 1.165) is 0 Å². The topological polar surface area (TPSA) is 25.8 Å². The van der Waals surface area contributed by atoms with Crippen molar-refractivity contribution in [2.45, 2.75) is 0 Å². The Morgan fingerprint density at radius 3 is 2.07 bits per heavy atom. The molecule has 2 nitrogen and oxygen atoms in total. The zero-order chi connectivity index (χ0) is 11.2. The Morgan fingerprint density at radius 1 is 0.800 bits per heavy atom.